The summed E-state index contributed by atoms with van der Waals surface area (Å²) in [6.45, 7) is 4.93. The molecule has 4 nitrogen and oxygen atoms in total. The van der Waals surface area contributed by atoms with Crippen LogP contribution in [-0.4, -0.2) is 41.1 Å². The topological polar surface area (TPSA) is 66.6 Å². The number of aliphatic hydroxyl groups is 1. The first kappa shape index (κ1) is 10.5. The number of nitrogens with zero attached hydrogens (tertiary/aromatic N) is 1. The van der Waals surface area contributed by atoms with Crippen LogP contribution in [0.2, 0.25) is 0 Å². The molecule has 0 aromatic carbocycles. The van der Waals surface area contributed by atoms with Gasteiger partial charge in [-0.25, -0.2) is 0 Å². The fraction of sp³-hybridized carbons (Fsp3) is 0.889. The Balaban J connectivity index is 2.48. The fourth-order valence-electron chi connectivity index (χ4n) is 1.44. The summed E-state index contributed by atoms with van der Waals surface area (Å²) in [5, 5.41) is 9.23. The fourth-order valence-corrected chi connectivity index (χ4v) is 1.44. The average molecular weight is 186 g/mol. The van der Waals surface area contributed by atoms with Crippen molar-refractivity contribution >= 4 is 5.91 Å². The van der Waals surface area contributed by atoms with Crippen molar-refractivity contribution < 1.29 is 9.90 Å². The standard InChI is InChI=1S/C9H18N2O2/c1-6(2)8(10)9(13)11-4-3-7(12)5-11/h6-8,12H,3-5,10H2,1-2H3/t7-,8?/m1/s1. The molecule has 0 aromatic heterocycles. The minimum absolute atomic E-state index is 0.0356. The van der Waals surface area contributed by atoms with Crippen molar-refractivity contribution in [3.8, 4) is 0 Å². The first-order chi connectivity index (χ1) is 6.02. The lowest BCUT2D eigenvalue weighted by Crippen LogP contribution is -2.45. The molecule has 2 atom stereocenters. The Hall–Kier alpha value is -0.610. The van der Waals surface area contributed by atoms with E-state index in [1.807, 2.05) is 13.8 Å². The Bertz CT molecular complexity index is 194. The van der Waals surface area contributed by atoms with E-state index in [0.29, 0.717) is 19.5 Å². The van der Waals surface area contributed by atoms with Crippen LogP contribution in [0.5, 0.6) is 0 Å². The molecule has 1 rings (SSSR count). The van der Waals surface area contributed by atoms with Crippen molar-refractivity contribution in [2.45, 2.75) is 32.4 Å². The monoisotopic (exact) mass is 186 g/mol. The molecule has 1 aliphatic rings. The predicted octanol–water partition coefficient (Wildman–Crippen LogP) is -0.437. The number of aliphatic hydroxyl groups excluding tert-OH is 1. The Morgan fingerprint density at radius 2 is 2.23 bits per heavy atom. The highest BCUT2D eigenvalue weighted by atomic mass is 16.3. The van der Waals surface area contributed by atoms with E-state index < -0.39 is 6.04 Å². The number of carbonyl (C=O) groups excluding carboxylic acids is 1. The molecule has 0 radical (unpaired) electrons. The number of hydrogen-bond acceptors (Lipinski definition) is 3. The van der Waals surface area contributed by atoms with E-state index in [2.05, 4.69) is 0 Å². The number of likely N-dealkylation sites (tertiary alicyclic amines) is 1. The highest BCUT2D eigenvalue weighted by Gasteiger charge is 2.29. The van der Waals surface area contributed by atoms with Crippen LogP contribution in [-0.2, 0) is 4.79 Å². The molecule has 3 N–H and O–H groups in total. The van der Waals surface area contributed by atoms with Gasteiger partial charge < -0.3 is 15.7 Å². The van der Waals surface area contributed by atoms with Crippen LogP contribution < -0.4 is 5.73 Å². The highest BCUT2D eigenvalue weighted by molar-refractivity contribution is 5.82. The molecule has 13 heavy (non-hydrogen) atoms. The first-order valence-corrected chi connectivity index (χ1v) is 4.74. The van der Waals surface area contributed by atoms with Crippen LogP contribution in [0.15, 0.2) is 0 Å². The molecule has 0 aliphatic carbocycles. The van der Waals surface area contributed by atoms with E-state index in [1.165, 1.54) is 0 Å². The van der Waals surface area contributed by atoms with Crippen molar-refractivity contribution in [3.05, 3.63) is 0 Å². The van der Waals surface area contributed by atoms with Gasteiger partial charge in [0.15, 0.2) is 0 Å². The summed E-state index contributed by atoms with van der Waals surface area (Å²) in [4.78, 5) is 13.3. The maximum absolute atomic E-state index is 11.6. The van der Waals surface area contributed by atoms with Gasteiger partial charge in [0.2, 0.25) is 5.91 Å². The van der Waals surface area contributed by atoms with Gasteiger partial charge in [0, 0.05) is 13.1 Å². The van der Waals surface area contributed by atoms with Crippen molar-refractivity contribution in [2.24, 2.45) is 11.7 Å². The summed E-state index contributed by atoms with van der Waals surface area (Å²) in [5.74, 6) is 0.122. The molecule has 1 amide bonds. The van der Waals surface area contributed by atoms with E-state index in [-0.39, 0.29) is 17.9 Å². The van der Waals surface area contributed by atoms with Crippen LogP contribution in [0.1, 0.15) is 20.3 Å². The van der Waals surface area contributed by atoms with Gasteiger partial charge in [-0.15, -0.1) is 0 Å². The molecular formula is C9H18N2O2. The van der Waals surface area contributed by atoms with Crippen molar-refractivity contribution in [1.29, 1.82) is 0 Å². The second kappa shape index (κ2) is 4.07. The second-order valence-electron chi connectivity index (χ2n) is 4.00. The molecule has 4 heteroatoms. The van der Waals surface area contributed by atoms with Gasteiger partial charge in [-0.2, -0.15) is 0 Å². The highest BCUT2D eigenvalue weighted by Crippen LogP contribution is 2.12. The van der Waals surface area contributed by atoms with Gasteiger partial charge >= 0.3 is 0 Å². The molecule has 0 spiro atoms. The molecule has 0 aromatic rings. The van der Waals surface area contributed by atoms with Gasteiger partial charge in [-0.05, 0) is 12.3 Å². The zero-order valence-corrected chi connectivity index (χ0v) is 8.23. The maximum atomic E-state index is 11.6. The molecule has 1 fully saturated rings. The minimum Gasteiger partial charge on any atom is -0.391 e. The third-order valence-corrected chi connectivity index (χ3v) is 2.48. The predicted molar refractivity (Wildman–Crippen MR) is 50.0 cm³/mol. The summed E-state index contributed by atoms with van der Waals surface area (Å²) in [7, 11) is 0. The minimum atomic E-state index is -0.426. The smallest absolute Gasteiger partial charge is 0.239 e. The number of amides is 1. The van der Waals surface area contributed by atoms with Crippen molar-refractivity contribution in [2.75, 3.05) is 13.1 Å². The summed E-state index contributed by atoms with van der Waals surface area (Å²) < 4.78 is 0. The van der Waals surface area contributed by atoms with Gasteiger partial charge in [0.1, 0.15) is 0 Å². The van der Waals surface area contributed by atoms with E-state index in [0.717, 1.165) is 0 Å². The number of carbonyl (C=O) groups is 1. The Kier molecular flexibility index (Phi) is 3.27. The van der Waals surface area contributed by atoms with Crippen LogP contribution in [0, 0.1) is 5.92 Å². The molecule has 1 heterocycles. The Morgan fingerprint density at radius 3 is 2.62 bits per heavy atom. The largest absolute Gasteiger partial charge is 0.391 e. The van der Waals surface area contributed by atoms with Gasteiger partial charge in [-0.3, -0.25) is 4.79 Å². The Labute approximate surface area is 78.7 Å². The zero-order chi connectivity index (χ0) is 10.0. The normalized spacial score (nSPS) is 25.3. The molecule has 76 valence electrons. The number of nitrogens with two attached hydrogens (primary N) is 1. The molecule has 1 aliphatic heterocycles. The van der Waals surface area contributed by atoms with E-state index >= 15 is 0 Å². The molecule has 0 bridgehead atoms. The summed E-state index contributed by atoms with van der Waals surface area (Å²) in [6, 6.07) is -0.426. The third kappa shape index (κ3) is 2.42. The molecular weight excluding hydrogens is 168 g/mol. The molecule has 0 saturated carbocycles. The van der Waals surface area contributed by atoms with Crippen LogP contribution >= 0.6 is 0 Å². The van der Waals surface area contributed by atoms with Crippen LogP contribution in [0.4, 0.5) is 0 Å². The van der Waals surface area contributed by atoms with Crippen LogP contribution in [0.25, 0.3) is 0 Å². The number of hydrogen-bond donors (Lipinski definition) is 2. The lowest BCUT2D eigenvalue weighted by Gasteiger charge is -2.22. The van der Waals surface area contributed by atoms with Crippen molar-refractivity contribution in [3.63, 3.8) is 0 Å². The Morgan fingerprint density at radius 1 is 1.62 bits per heavy atom. The van der Waals surface area contributed by atoms with E-state index in [9.17, 15) is 9.90 Å². The number of rotatable bonds is 2. The lowest BCUT2D eigenvalue weighted by molar-refractivity contribution is -0.132. The van der Waals surface area contributed by atoms with Crippen LogP contribution in [0.3, 0.4) is 0 Å². The summed E-state index contributed by atoms with van der Waals surface area (Å²) in [5.41, 5.74) is 5.71. The third-order valence-electron chi connectivity index (χ3n) is 2.48. The molecule has 1 saturated heterocycles. The summed E-state index contributed by atoms with van der Waals surface area (Å²) in [6.07, 6.45) is 0.319. The quantitative estimate of drug-likeness (QED) is 0.614. The van der Waals surface area contributed by atoms with E-state index in [1.54, 1.807) is 4.90 Å². The van der Waals surface area contributed by atoms with Gasteiger partial charge in [0.25, 0.3) is 0 Å². The SMILES string of the molecule is CC(C)C(N)C(=O)N1CC[C@@H](O)C1. The number of β-amino-alcohol motifs (C(OH)–C–C–N with tert-alkyl or cyclic N) is 1. The first-order valence-electron chi connectivity index (χ1n) is 4.74. The average Bonchev–Trinajstić information content (AvgIpc) is 2.49. The zero-order valence-electron chi connectivity index (χ0n) is 8.23. The molecule has 1 unspecified atom stereocenters. The van der Waals surface area contributed by atoms with Gasteiger partial charge in [-0.1, -0.05) is 13.8 Å². The van der Waals surface area contributed by atoms with Gasteiger partial charge in [0.05, 0.1) is 12.1 Å². The second-order valence-corrected chi connectivity index (χ2v) is 4.00. The van der Waals surface area contributed by atoms with E-state index in [4.69, 9.17) is 5.73 Å². The summed E-state index contributed by atoms with van der Waals surface area (Å²) >= 11 is 0. The maximum Gasteiger partial charge on any atom is 0.239 e. The van der Waals surface area contributed by atoms with Crippen molar-refractivity contribution in [1.82, 2.24) is 4.90 Å². The lowest BCUT2D eigenvalue weighted by atomic mass is 10.0.